The van der Waals surface area contributed by atoms with Crippen LogP contribution in [0.5, 0.6) is 5.75 Å². The molecule has 0 radical (unpaired) electrons. The van der Waals surface area contributed by atoms with Gasteiger partial charge in [-0.15, -0.1) is 0 Å². The number of benzene rings is 1. The number of nitrogens with one attached hydrogen (secondary N) is 1. The number of rotatable bonds is 3. The molecule has 0 amide bonds. The van der Waals surface area contributed by atoms with E-state index in [4.69, 9.17) is 14.6 Å². The number of aromatic nitrogens is 3. The van der Waals surface area contributed by atoms with Gasteiger partial charge in [-0.25, -0.2) is 19.2 Å². The van der Waals surface area contributed by atoms with E-state index in [0.717, 1.165) is 25.6 Å². The Morgan fingerprint density at radius 3 is 2.55 bits per heavy atom. The van der Waals surface area contributed by atoms with Crippen molar-refractivity contribution in [2.45, 2.75) is 31.5 Å². The van der Waals surface area contributed by atoms with E-state index in [0.29, 0.717) is 5.65 Å². The lowest BCUT2D eigenvalue weighted by molar-refractivity contribution is -0.266. The van der Waals surface area contributed by atoms with Crippen LogP contribution in [0, 0.1) is 17.6 Å². The predicted molar refractivity (Wildman–Crippen MR) is 106 cm³/mol. The number of nitrogens with zero attached hydrogens (tertiary/aromatic N) is 2. The van der Waals surface area contributed by atoms with Gasteiger partial charge >= 0.3 is 12.1 Å². The fourth-order valence-corrected chi connectivity index (χ4v) is 3.61. The molecular weight excluding hydrogens is 453 g/mol. The third-order valence-corrected chi connectivity index (χ3v) is 5.78. The molecule has 7 nitrogen and oxygen atoms in total. The van der Waals surface area contributed by atoms with E-state index in [9.17, 15) is 26.7 Å². The van der Waals surface area contributed by atoms with Gasteiger partial charge < -0.3 is 19.6 Å². The van der Waals surface area contributed by atoms with Crippen molar-refractivity contribution in [2.24, 2.45) is 5.92 Å². The van der Waals surface area contributed by atoms with Crippen LogP contribution in [0.1, 0.15) is 35.8 Å². The van der Waals surface area contributed by atoms with Crippen molar-refractivity contribution in [3.63, 3.8) is 0 Å². The monoisotopic (exact) mass is 473 g/mol. The smallest absolute Gasteiger partial charge is 0.417 e. The molecule has 12 heteroatoms. The summed E-state index contributed by atoms with van der Waals surface area (Å²) in [6, 6.07) is 5.19. The maximum atomic E-state index is 13.7. The molecule has 4 rings (SSSR count). The minimum atomic E-state index is -4.55. The molecule has 3 heterocycles. The Hall–Kier alpha value is -3.28. The van der Waals surface area contributed by atoms with Gasteiger partial charge in [0.15, 0.2) is 28.5 Å². The highest BCUT2D eigenvalue weighted by atomic mass is 19.4. The van der Waals surface area contributed by atoms with E-state index < -0.39 is 41.2 Å². The van der Waals surface area contributed by atoms with Crippen molar-refractivity contribution in [2.75, 3.05) is 13.7 Å². The molecule has 3 aromatic rings. The highest BCUT2D eigenvalue weighted by Crippen LogP contribution is 2.51. The zero-order valence-corrected chi connectivity index (χ0v) is 17.7. The highest BCUT2D eigenvalue weighted by molar-refractivity contribution is 5.87. The van der Waals surface area contributed by atoms with Gasteiger partial charge in [0.1, 0.15) is 0 Å². The van der Waals surface area contributed by atoms with E-state index in [-0.39, 0.29) is 23.6 Å². The summed E-state index contributed by atoms with van der Waals surface area (Å²) in [6.07, 6.45) is -3.07. The molecule has 1 fully saturated rings. The summed E-state index contributed by atoms with van der Waals surface area (Å²) in [5.74, 6) is -5.43. The molecule has 1 aromatic carbocycles. The van der Waals surface area contributed by atoms with Gasteiger partial charge in [0, 0.05) is 17.4 Å². The van der Waals surface area contributed by atoms with Crippen LogP contribution in [0.3, 0.4) is 0 Å². The maximum absolute atomic E-state index is 13.7. The number of methoxy groups -OCH3 is 1. The first-order chi connectivity index (χ1) is 15.4. The minimum absolute atomic E-state index is 0.00889. The maximum Gasteiger partial charge on any atom is 0.417 e. The first kappa shape index (κ1) is 24.4. The standard InChI is InChI=1S/C14H15F5O2.C7H5N3O2/c1-7-9(6-21-13(7,2)14(17,18)19)8-4-5-10(15)11(16)12(8)20-3;11-7(12)5-2-1-4-6(10-5)9-3-8-4/h4-5,7,9H,6H2,1-3H3;1-3H,(H,11,12)(H,8,9,10)/t7?,9?,13-;/m1./s1. The summed E-state index contributed by atoms with van der Waals surface area (Å²) in [5, 5.41) is 8.58. The average Bonchev–Trinajstić information content (AvgIpc) is 3.35. The fourth-order valence-electron chi connectivity index (χ4n) is 3.61. The first-order valence-corrected chi connectivity index (χ1v) is 9.66. The number of H-pyrrole nitrogens is 1. The molecule has 1 aliphatic rings. The van der Waals surface area contributed by atoms with Crippen molar-refractivity contribution in [3.8, 4) is 5.75 Å². The Bertz CT molecular complexity index is 1170. The van der Waals surface area contributed by atoms with Crippen molar-refractivity contribution < 1.29 is 41.3 Å². The molecule has 178 valence electrons. The molecule has 0 spiro atoms. The summed E-state index contributed by atoms with van der Waals surface area (Å²) in [4.78, 5) is 20.9. The number of aromatic amines is 1. The topological polar surface area (TPSA) is 97.3 Å². The zero-order chi connectivity index (χ0) is 24.6. The quantitative estimate of drug-likeness (QED) is 0.536. The molecule has 1 aliphatic heterocycles. The number of aromatic carboxylic acids is 1. The summed E-state index contributed by atoms with van der Waals surface area (Å²) >= 11 is 0. The Morgan fingerprint density at radius 2 is 1.97 bits per heavy atom. The van der Waals surface area contributed by atoms with Crippen LogP contribution in [0.2, 0.25) is 0 Å². The molecule has 0 aliphatic carbocycles. The molecule has 0 bridgehead atoms. The molecule has 1 saturated heterocycles. The number of ether oxygens (including phenoxy) is 2. The Labute approximate surface area is 184 Å². The van der Waals surface area contributed by atoms with Crippen LogP contribution >= 0.6 is 0 Å². The van der Waals surface area contributed by atoms with Crippen molar-refractivity contribution in [1.29, 1.82) is 0 Å². The SMILES string of the molecule is COc1c(C2CO[C@@](C)(C(F)(F)F)C2C)ccc(F)c1F.O=C(O)c1ccc2[nH]cnc2n1. The second kappa shape index (κ2) is 8.93. The van der Waals surface area contributed by atoms with Gasteiger partial charge in [-0.1, -0.05) is 13.0 Å². The van der Waals surface area contributed by atoms with E-state index in [1.54, 1.807) is 6.07 Å². The van der Waals surface area contributed by atoms with Gasteiger partial charge in [-0.05, 0) is 25.1 Å². The van der Waals surface area contributed by atoms with Crippen LogP contribution < -0.4 is 4.74 Å². The largest absolute Gasteiger partial charge is 0.493 e. The van der Waals surface area contributed by atoms with Crippen LogP contribution in [0.4, 0.5) is 22.0 Å². The van der Waals surface area contributed by atoms with Crippen LogP contribution in [-0.4, -0.2) is 51.5 Å². The molecule has 2 N–H and O–H groups in total. The molecule has 2 aromatic heterocycles. The average molecular weight is 473 g/mol. The lowest BCUT2D eigenvalue weighted by atomic mass is 9.79. The van der Waals surface area contributed by atoms with E-state index in [1.807, 2.05) is 0 Å². The summed E-state index contributed by atoms with van der Waals surface area (Å²) in [6.45, 7) is 2.11. The Balaban J connectivity index is 0.000000215. The summed E-state index contributed by atoms with van der Waals surface area (Å²) in [7, 11) is 1.14. The fraction of sp³-hybridized carbons (Fsp3) is 0.381. The van der Waals surface area contributed by atoms with E-state index in [1.165, 1.54) is 25.4 Å². The van der Waals surface area contributed by atoms with Gasteiger partial charge in [-0.2, -0.15) is 17.6 Å². The lowest BCUT2D eigenvalue weighted by Gasteiger charge is -2.32. The number of hydrogen-bond acceptors (Lipinski definition) is 5. The third-order valence-electron chi connectivity index (χ3n) is 5.78. The second-order valence-electron chi connectivity index (χ2n) is 7.57. The molecule has 3 atom stereocenters. The van der Waals surface area contributed by atoms with E-state index >= 15 is 0 Å². The molecule has 2 unspecified atom stereocenters. The normalized spacial score (nSPS) is 22.7. The number of halogens is 5. The Morgan fingerprint density at radius 1 is 1.27 bits per heavy atom. The minimum Gasteiger partial charge on any atom is -0.493 e. The number of carbonyl (C=O) groups is 1. The summed E-state index contributed by atoms with van der Waals surface area (Å²) < 4.78 is 76.0. The number of hydrogen-bond donors (Lipinski definition) is 2. The number of imidazole rings is 1. The second-order valence-corrected chi connectivity index (χ2v) is 7.57. The van der Waals surface area contributed by atoms with Gasteiger partial charge in [0.05, 0.1) is 25.6 Å². The third kappa shape index (κ3) is 4.47. The van der Waals surface area contributed by atoms with E-state index in [2.05, 4.69) is 15.0 Å². The number of alkyl halides is 3. The molecular formula is C21H20F5N3O4. The Kier molecular flexibility index (Phi) is 6.59. The lowest BCUT2D eigenvalue weighted by Crippen LogP contribution is -2.46. The number of fused-ring (bicyclic) bond motifs is 1. The van der Waals surface area contributed by atoms with Crippen molar-refractivity contribution in [3.05, 3.63) is 53.5 Å². The molecule has 0 saturated carbocycles. The first-order valence-electron chi connectivity index (χ1n) is 9.66. The number of carboxylic acid groups (broad SMARTS) is 1. The zero-order valence-electron chi connectivity index (χ0n) is 17.7. The van der Waals surface area contributed by atoms with Crippen molar-refractivity contribution >= 4 is 17.1 Å². The molecule has 33 heavy (non-hydrogen) atoms. The van der Waals surface area contributed by atoms with Crippen molar-refractivity contribution in [1.82, 2.24) is 15.0 Å². The number of carboxylic acids is 1. The van der Waals surface area contributed by atoms with Gasteiger partial charge in [-0.3, -0.25) is 0 Å². The summed E-state index contributed by atoms with van der Waals surface area (Å²) in [5.41, 5.74) is -0.977. The number of pyridine rings is 1. The van der Waals surface area contributed by atoms with Crippen LogP contribution in [-0.2, 0) is 4.74 Å². The van der Waals surface area contributed by atoms with Crippen LogP contribution in [0.25, 0.3) is 11.2 Å². The van der Waals surface area contributed by atoms with Gasteiger partial charge in [0.25, 0.3) is 0 Å². The predicted octanol–water partition coefficient (Wildman–Crippen LogP) is 4.70. The highest BCUT2D eigenvalue weighted by Gasteiger charge is 2.61. The van der Waals surface area contributed by atoms with Crippen LogP contribution in [0.15, 0.2) is 30.6 Å². The van der Waals surface area contributed by atoms with Gasteiger partial charge in [0.2, 0.25) is 5.82 Å².